The average Bonchev–Trinajstić information content (AvgIpc) is 3.11. The van der Waals surface area contributed by atoms with Gasteiger partial charge in [-0.1, -0.05) is 25.0 Å². The highest BCUT2D eigenvalue weighted by molar-refractivity contribution is 14.0. The first-order chi connectivity index (χ1) is 11.3. The molecule has 0 radical (unpaired) electrons. The highest BCUT2D eigenvalue weighted by Crippen LogP contribution is 2.20. The van der Waals surface area contributed by atoms with Crippen molar-refractivity contribution in [3.8, 4) is 5.75 Å². The van der Waals surface area contributed by atoms with Crippen molar-refractivity contribution in [2.75, 3.05) is 27.3 Å². The van der Waals surface area contributed by atoms with E-state index >= 15 is 0 Å². The summed E-state index contributed by atoms with van der Waals surface area (Å²) in [5.74, 6) is 1.69. The standard InChI is InChI=1S/C18H29N3O2.HI/c1-19-18(20-11-6-12-23-16-8-3-4-9-16)21-14-15-7-5-10-17(13-15)22-2;/h5,7,10,13,16H,3-4,6,8-9,11-12,14H2,1-2H3,(H2,19,20,21);1H. The average molecular weight is 447 g/mol. The van der Waals surface area contributed by atoms with Crippen molar-refractivity contribution >= 4 is 29.9 Å². The second kappa shape index (κ2) is 12.4. The van der Waals surface area contributed by atoms with Gasteiger partial charge in [-0.05, 0) is 37.0 Å². The molecule has 0 aliphatic heterocycles. The molecule has 1 aliphatic carbocycles. The van der Waals surface area contributed by atoms with Gasteiger partial charge >= 0.3 is 0 Å². The molecule has 1 aliphatic rings. The number of aliphatic imine (C=N–C) groups is 1. The molecule has 0 saturated heterocycles. The third-order valence-corrected chi connectivity index (χ3v) is 4.09. The van der Waals surface area contributed by atoms with E-state index < -0.39 is 0 Å². The van der Waals surface area contributed by atoms with Crippen LogP contribution in [-0.2, 0) is 11.3 Å². The van der Waals surface area contributed by atoms with Gasteiger partial charge < -0.3 is 20.1 Å². The van der Waals surface area contributed by atoms with Crippen LogP contribution in [-0.4, -0.2) is 39.4 Å². The zero-order valence-electron chi connectivity index (χ0n) is 14.7. The van der Waals surface area contributed by atoms with Gasteiger partial charge in [0.05, 0.1) is 13.2 Å². The summed E-state index contributed by atoms with van der Waals surface area (Å²) in [5, 5.41) is 6.63. The van der Waals surface area contributed by atoms with Gasteiger partial charge in [0.2, 0.25) is 0 Å². The van der Waals surface area contributed by atoms with Crippen LogP contribution in [0.25, 0.3) is 0 Å². The van der Waals surface area contributed by atoms with E-state index in [1.165, 1.54) is 25.7 Å². The van der Waals surface area contributed by atoms with E-state index in [2.05, 4.69) is 21.7 Å². The number of benzene rings is 1. The molecule has 136 valence electrons. The SMILES string of the molecule is CN=C(NCCCOC1CCCC1)NCc1cccc(OC)c1.I. The number of ether oxygens (including phenoxy) is 2. The topological polar surface area (TPSA) is 54.9 Å². The lowest BCUT2D eigenvalue weighted by Gasteiger charge is -2.14. The Morgan fingerprint density at radius 1 is 1.25 bits per heavy atom. The van der Waals surface area contributed by atoms with Crippen LogP contribution in [0.4, 0.5) is 0 Å². The summed E-state index contributed by atoms with van der Waals surface area (Å²) < 4.78 is 11.1. The predicted molar refractivity (Wildman–Crippen MR) is 109 cm³/mol. The molecular weight excluding hydrogens is 417 g/mol. The monoisotopic (exact) mass is 447 g/mol. The number of halogens is 1. The lowest BCUT2D eigenvalue weighted by molar-refractivity contribution is 0.0574. The summed E-state index contributed by atoms with van der Waals surface area (Å²) in [6.45, 7) is 2.41. The molecular formula is C18H30IN3O2. The Hall–Kier alpha value is -1.02. The Bertz CT molecular complexity index is 491. The van der Waals surface area contributed by atoms with Crippen LogP contribution in [0.1, 0.15) is 37.7 Å². The summed E-state index contributed by atoms with van der Waals surface area (Å²) in [7, 11) is 3.47. The molecule has 6 heteroatoms. The zero-order chi connectivity index (χ0) is 16.3. The van der Waals surface area contributed by atoms with E-state index in [1.807, 2.05) is 18.2 Å². The Morgan fingerprint density at radius 3 is 2.75 bits per heavy atom. The van der Waals surface area contributed by atoms with E-state index in [0.717, 1.165) is 43.4 Å². The largest absolute Gasteiger partial charge is 0.497 e. The van der Waals surface area contributed by atoms with Crippen molar-refractivity contribution in [2.45, 2.75) is 44.8 Å². The van der Waals surface area contributed by atoms with Crippen LogP contribution in [0, 0.1) is 0 Å². The minimum Gasteiger partial charge on any atom is -0.497 e. The molecule has 0 amide bonds. The fourth-order valence-corrected chi connectivity index (χ4v) is 2.77. The van der Waals surface area contributed by atoms with Crippen molar-refractivity contribution in [2.24, 2.45) is 4.99 Å². The Morgan fingerprint density at radius 2 is 2.04 bits per heavy atom. The maximum absolute atomic E-state index is 5.86. The summed E-state index contributed by atoms with van der Waals surface area (Å²) in [5.41, 5.74) is 1.16. The Labute approximate surface area is 162 Å². The number of hydrogen-bond acceptors (Lipinski definition) is 3. The summed E-state index contributed by atoms with van der Waals surface area (Å²) in [4.78, 5) is 4.24. The van der Waals surface area contributed by atoms with Gasteiger partial charge in [-0.25, -0.2) is 0 Å². The molecule has 1 saturated carbocycles. The number of methoxy groups -OCH3 is 1. The lowest BCUT2D eigenvalue weighted by Crippen LogP contribution is -2.37. The molecule has 1 fully saturated rings. The molecule has 0 heterocycles. The van der Waals surface area contributed by atoms with E-state index in [-0.39, 0.29) is 24.0 Å². The van der Waals surface area contributed by atoms with Crippen LogP contribution in [0.15, 0.2) is 29.3 Å². The number of nitrogens with one attached hydrogen (secondary N) is 2. The molecule has 0 atom stereocenters. The second-order valence-electron chi connectivity index (χ2n) is 5.83. The first kappa shape index (κ1) is 21.0. The summed E-state index contributed by atoms with van der Waals surface area (Å²) in [6, 6.07) is 8.03. The van der Waals surface area contributed by atoms with Crippen molar-refractivity contribution < 1.29 is 9.47 Å². The fraction of sp³-hybridized carbons (Fsp3) is 0.611. The summed E-state index contributed by atoms with van der Waals surface area (Å²) >= 11 is 0. The number of guanidine groups is 1. The predicted octanol–water partition coefficient (Wildman–Crippen LogP) is 3.33. The molecule has 0 unspecified atom stereocenters. The van der Waals surface area contributed by atoms with Gasteiger partial charge in [0.1, 0.15) is 5.75 Å². The third kappa shape index (κ3) is 7.70. The minimum absolute atomic E-state index is 0. The van der Waals surface area contributed by atoms with Crippen LogP contribution in [0.5, 0.6) is 5.75 Å². The number of nitrogens with zero attached hydrogens (tertiary/aromatic N) is 1. The summed E-state index contributed by atoms with van der Waals surface area (Å²) in [6.07, 6.45) is 6.61. The van der Waals surface area contributed by atoms with Gasteiger partial charge in [0.25, 0.3) is 0 Å². The first-order valence-corrected chi connectivity index (χ1v) is 8.51. The smallest absolute Gasteiger partial charge is 0.191 e. The van der Waals surface area contributed by atoms with E-state index in [0.29, 0.717) is 6.10 Å². The van der Waals surface area contributed by atoms with Crippen molar-refractivity contribution in [1.29, 1.82) is 0 Å². The molecule has 0 aromatic heterocycles. The highest BCUT2D eigenvalue weighted by atomic mass is 127. The van der Waals surface area contributed by atoms with Gasteiger partial charge in [0, 0.05) is 26.7 Å². The van der Waals surface area contributed by atoms with Crippen molar-refractivity contribution in [3.05, 3.63) is 29.8 Å². The van der Waals surface area contributed by atoms with Crippen LogP contribution >= 0.6 is 24.0 Å². The van der Waals surface area contributed by atoms with Crippen LogP contribution in [0.3, 0.4) is 0 Å². The van der Waals surface area contributed by atoms with Crippen molar-refractivity contribution in [1.82, 2.24) is 10.6 Å². The molecule has 1 aromatic carbocycles. The quantitative estimate of drug-likeness (QED) is 0.278. The second-order valence-corrected chi connectivity index (χ2v) is 5.83. The lowest BCUT2D eigenvalue weighted by atomic mass is 10.2. The van der Waals surface area contributed by atoms with Crippen LogP contribution in [0.2, 0.25) is 0 Å². The third-order valence-electron chi connectivity index (χ3n) is 4.09. The van der Waals surface area contributed by atoms with Crippen molar-refractivity contribution in [3.63, 3.8) is 0 Å². The molecule has 5 nitrogen and oxygen atoms in total. The maximum atomic E-state index is 5.86. The minimum atomic E-state index is 0. The van der Waals surface area contributed by atoms with E-state index in [9.17, 15) is 0 Å². The Balaban J connectivity index is 0.00000288. The number of hydrogen-bond donors (Lipinski definition) is 2. The molecule has 1 aromatic rings. The first-order valence-electron chi connectivity index (χ1n) is 8.51. The molecule has 0 spiro atoms. The van der Waals surface area contributed by atoms with Gasteiger partial charge in [-0.2, -0.15) is 0 Å². The Kier molecular flexibility index (Phi) is 10.8. The zero-order valence-corrected chi connectivity index (χ0v) is 17.0. The number of rotatable bonds is 8. The molecule has 24 heavy (non-hydrogen) atoms. The van der Waals surface area contributed by atoms with Gasteiger partial charge in [0.15, 0.2) is 5.96 Å². The van der Waals surface area contributed by atoms with Gasteiger partial charge in [-0.3, -0.25) is 4.99 Å². The molecule has 0 bridgehead atoms. The normalized spacial score (nSPS) is 15.0. The maximum Gasteiger partial charge on any atom is 0.191 e. The van der Waals surface area contributed by atoms with E-state index in [4.69, 9.17) is 9.47 Å². The van der Waals surface area contributed by atoms with E-state index in [1.54, 1.807) is 14.2 Å². The molecule has 2 N–H and O–H groups in total. The fourth-order valence-electron chi connectivity index (χ4n) is 2.77. The van der Waals surface area contributed by atoms with Crippen LogP contribution < -0.4 is 15.4 Å². The van der Waals surface area contributed by atoms with Gasteiger partial charge in [-0.15, -0.1) is 24.0 Å². The highest BCUT2D eigenvalue weighted by Gasteiger charge is 2.14. The molecule has 2 rings (SSSR count).